The van der Waals surface area contributed by atoms with Crippen molar-refractivity contribution in [2.45, 2.75) is 36.0 Å². The number of halogens is 2. The minimum absolute atomic E-state index is 0.463. The number of rotatable bonds is 4. The molecule has 0 N–H and O–H groups in total. The number of benzene rings is 3. The predicted molar refractivity (Wildman–Crippen MR) is 114 cm³/mol. The summed E-state index contributed by atoms with van der Waals surface area (Å²) in [4.78, 5) is -0.797. The second-order valence-corrected chi connectivity index (χ2v) is 9.01. The Hall–Kier alpha value is -1.76. The molecule has 0 aromatic heterocycles. The van der Waals surface area contributed by atoms with E-state index in [1.165, 1.54) is 31.2 Å². The van der Waals surface area contributed by atoms with E-state index in [4.69, 9.17) is 23.2 Å². The van der Waals surface area contributed by atoms with Gasteiger partial charge in [-0.05, 0) is 53.4 Å². The third-order valence-corrected chi connectivity index (χ3v) is 7.65. The van der Waals surface area contributed by atoms with Gasteiger partial charge in [-0.3, -0.25) is 0 Å². The summed E-state index contributed by atoms with van der Waals surface area (Å²) in [6, 6.07) is 27.2. The Morgan fingerprint density at radius 1 is 0.815 bits per heavy atom. The summed E-state index contributed by atoms with van der Waals surface area (Å²) in [5.74, 6) is 0.904. The summed E-state index contributed by atoms with van der Waals surface area (Å²) < 4.78 is 0. The molecule has 3 atom stereocenters. The average Bonchev–Trinajstić information content (AvgIpc) is 3.29. The Morgan fingerprint density at radius 3 is 2.11 bits per heavy atom. The second kappa shape index (κ2) is 6.40. The molecule has 3 aromatic carbocycles. The van der Waals surface area contributed by atoms with Gasteiger partial charge in [-0.25, -0.2) is 0 Å². The van der Waals surface area contributed by atoms with Crippen LogP contribution in [0.3, 0.4) is 0 Å². The highest BCUT2D eigenvalue weighted by Gasteiger charge is 2.57. The Bertz CT molecular complexity index is 963. The standard InChI is InChI=1S/C25H22Cl2/c26-23-11-5-4-10-22(23)25(27,19-7-2-1-3-8-19)20-14-12-18(13-15-20)24-16-6-9-21(24)17-24/h1-5,7-8,10-15,21H,6,9,16-17H2. The molecule has 2 saturated carbocycles. The number of hydrogen-bond acceptors (Lipinski definition) is 0. The zero-order valence-corrected chi connectivity index (χ0v) is 16.7. The van der Waals surface area contributed by atoms with Gasteiger partial charge in [0.05, 0.1) is 0 Å². The van der Waals surface area contributed by atoms with E-state index >= 15 is 0 Å². The molecule has 136 valence electrons. The molecule has 0 bridgehead atoms. The lowest BCUT2D eigenvalue weighted by molar-refractivity contribution is 0.656. The Labute approximate surface area is 171 Å². The molecular formula is C25H22Cl2. The summed E-state index contributed by atoms with van der Waals surface area (Å²) in [7, 11) is 0. The van der Waals surface area contributed by atoms with Gasteiger partial charge in [-0.15, -0.1) is 11.6 Å². The Balaban J connectivity index is 1.62. The van der Waals surface area contributed by atoms with Crippen LogP contribution in [0.1, 0.15) is 47.9 Å². The molecule has 0 nitrogen and oxygen atoms in total. The van der Waals surface area contributed by atoms with Crippen molar-refractivity contribution in [3.63, 3.8) is 0 Å². The minimum atomic E-state index is -0.797. The van der Waals surface area contributed by atoms with Gasteiger partial charge in [-0.1, -0.05) is 90.8 Å². The van der Waals surface area contributed by atoms with Gasteiger partial charge in [-0.2, -0.15) is 0 Å². The molecule has 0 amide bonds. The molecule has 2 aliphatic carbocycles. The fourth-order valence-electron chi connectivity index (χ4n) is 5.14. The molecule has 2 aliphatic rings. The first-order chi connectivity index (χ1) is 13.1. The summed E-state index contributed by atoms with van der Waals surface area (Å²) >= 11 is 14.0. The van der Waals surface area contributed by atoms with E-state index < -0.39 is 4.87 Å². The van der Waals surface area contributed by atoms with Gasteiger partial charge in [0.25, 0.3) is 0 Å². The Morgan fingerprint density at radius 2 is 1.48 bits per heavy atom. The van der Waals surface area contributed by atoms with Crippen LogP contribution in [0, 0.1) is 5.92 Å². The van der Waals surface area contributed by atoms with Crippen molar-refractivity contribution in [3.05, 3.63) is 106 Å². The van der Waals surface area contributed by atoms with Crippen LogP contribution in [0.25, 0.3) is 0 Å². The maximum atomic E-state index is 7.39. The quantitative estimate of drug-likeness (QED) is 0.322. The third-order valence-electron chi connectivity index (χ3n) is 6.68. The fourth-order valence-corrected chi connectivity index (χ4v) is 5.89. The van der Waals surface area contributed by atoms with Crippen molar-refractivity contribution in [1.82, 2.24) is 0 Å². The van der Waals surface area contributed by atoms with Crippen molar-refractivity contribution >= 4 is 23.2 Å². The number of alkyl halides is 1. The summed E-state index contributed by atoms with van der Waals surface area (Å²) in [6.45, 7) is 0. The topological polar surface area (TPSA) is 0 Å². The van der Waals surface area contributed by atoms with E-state index in [0.717, 1.165) is 22.6 Å². The lowest BCUT2D eigenvalue weighted by Gasteiger charge is -2.30. The van der Waals surface area contributed by atoms with E-state index in [9.17, 15) is 0 Å². The van der Waals surface area contributed by atoms with E-state index in [1.807, 2.05) is 42.5 Å². The number of hydrogen-bond donors (Lipinski definition) is 0. The Kier molecular flexibility index (Phi) is 4.11. The van der Waals surface area contributed by atoms with Crippen LogP contribution < -0.4 is 0 Å². The van der Waals surface area contributed by atoms with Crippen molar-refractivity contribution in [2.75, 3.05) is 0 Å². The normalized spacial score (nSPS) is 25.6. The van der Waals surface area contributed by atoms with Crippen molar-refractivity contribution < 1.29 is 0 Å². The monoisotopic (exact) mass is 392 g/mol. The zero-order chi connectivity index (χ0) is 18.5. The molecule has 3 unspecified atom stereocenters. The largest absolute Gasteiger partial charge is 0.121 e. The van der Waals surface area contributed by atoms with Crippen LogP contribution in [0.4, 0.5) is 0 Å². The van der Waals surface area contributed by atoms with Crippen LogP contribution in [-0.4, -0.2) is 0 Å². The molecular weight excluding hydrogens is 371 g/mol. The lowest BCUT2D eigenvalue weighted by atomic mass is 9.82. The molecule has 0 heterocycles. The summed E-state index contributed by atoms with van der Waals surface area (Å²) in [5, 5.41) is 0.692. The maximum Gasteiger partial charge on any atom is 0.121 e. The minimum Gasteiger partial charge on any atom is -0.103 e. The molecule has 0 radical (unpaired) electrons. The highest BCUT2D eigenvalue weighted by atomic mass is 35.5. The van der Waals surface area contributed by atoms with E-state index in [-0.39, 0.29) is 0 Å². The van der Waals surface area contributed by atoms with Gasteiger partial charge < -0.3 is 0 Å². The lowest BCUT2D eigenvalue weighted by Crippen LogP contribution is -2.23. The molecule has 0 spiro atoms. The maximum absolute atomic E-state index is 7.39. The van der Waals surface area contributed by atoms with E-state index in [2.05, 4.69) is 36.4 Å². The number of fused-ring (bicyclic) bond motifs is 1. The van der Waals surface area contributed by atoms with Crippen LogP contribution in [0.5, 0.6) is 0 Å². The molecule has 0 aliphatic heterocycles. The average molecular weight is 393 g/mol. The first kappa shape index (κ1) is 17.3. The van der Waals surface area contributed by atoms with Crippen LogP contribution in [0.15, 0.2) is 78.9 Å². The molecule has 2 heteroatoms. The first-order valence-corrected chi connectivity index (χ1v) is 10.5. The fraction of sp³-hybridized carbons (Fsp3) is 0.280. The molecule has 2 fully saturated rings. The first-order valence-electron chi connectivity index (χ1n) is 9.75. The van der Waals surface area contributed by atoms with Gasteiger partial charge in [0.1, 0.15) is 4.87 Å². The zero-order valence-electron chi connectivity index (χ0n) is 15.2. The third kappa shape index (κ3) is 2.65. The molecule has 5 rings (SSSR count). The molecule has 0 saturated heterocycles. The van der Waals surface area contributed by atoms with Crippen LogP contribution in [0.2, 0.25) is 5.02 Å². The van der Waals surface area contributed by atoms with Crippen molar-refractivity contribution in [1.29, 1.82) is 0 Å². The SMILES string of the molecule is Clc1ccccc1C(Cl)(c1ccccc1)c1ccc(C23CCCC2C3)cc1. The van der Waals surface area contributed by atoms with Crippen LogP contribution >= 0.6 is 23.2 Å². The van der Waals surface area contributed by atoms with Gasteiger partial charge in [0.2, 0.25) is 0 Å². The van der Waals surface area contributed by atoms with Gasteiger partial charge in [0.15, 0.2) is 0 Å². The smallest absolute Gasteiger partial charge is 0.103 e. The predicted octanol–water partition coefficient (Wildman–Crippen LogP) is 7.31. The molecule has 3 aromatic rings. The second-order valence-electron chi connectivity index (χ2n) is 8.03. The van der Waals surface area contributed by atoms with Crippen molar-refractivity contribution in [3.8, 4) is 0 Å². The highest BCUT2D eigenvalue weighted by molar-refractivity contribution is 6.34. The van der Waals surface area contributed by atoms with E-state index in [0.29, 0.717) is 10.4 Å². The highest BCUT2D eigenvalue weighted by Crippen LogP contribution is 2.64. The summed E-state index contributed by atoms with van der Waals surface area (Å²) in [6.07, 6.45) is 5.47. The van der Waals surface area contributed by atoms with Gasteiger partial charge >= 0.3 is 0 Å². The van der Waals surface area contributed by atoms with Gasteiger partial charge in [0, 0.05) is 10.6 Å². The van der Waals surface area contributed by atoms with Crippen LogP contribution in [-0.2, 0) is 10.3 Å². The summed E-state index contributed by atoms with van der Waals surface area (Å²) in [5.41, 5.74) is 4.98. The van der Waals surface area contributed by atoms with Crippen molar-refractivity contribution in [2.24, 2.45) is 5.92 Å². The molecule has 27 heavy (non-hydrogen) atoms. The van der Waals surface area contributed by atoms with E-state index in [1.54, 1.807) is 0 Å².